The van der Waals surface area contributed by atoms with Crippen LogP contribution in [-0.2, 0) is 12.0 Å². The van der Waals surface area contributed by atoms with Gasteiger partial charge in [-0.25, -0.2) is 0 Å². The molecule has 0 spiro atoms. The van der Waals surface area contributed by atoms with Crippen LogP contribution < -0.4 is 5.73 Å². The van der Waals surface area contributed by atoms with Crippen molar-refractivity contribution in [1.29, 1.82) is 0 Å². The fourth-order valence-electron chi connectivity index (χ4n) is 2.05. The van der Waals surface area contributed by atoms with Crippen LogP contribution in [0.5, 0.6) is 0 Å². The molecule has 4 nitrogen and oxygen atoms in total. The van der Waals surface area contributed by atoms with Crippen LogP contribution in [0.1, 0.15) is 29.9 Å². The molecule has 1 aliphatic rings. The molecule has 0 aliphatic heterocycles. The third-order valence-corrected chi connectivity index (χ3v) is 2.73. The van der Waals surface area contributed by atoms with E-state index in [1.54, 1.807) is 0 Å². The quantitative estimate of drug-likeness (QED) is 0.662. The van der Waals surface area contributed by atoms with Crippen LogP contribution in [0.4, 0.5) is 0 Å². The van der Waals surface area contributed by atoms with Gasteiger partial charge in [-0.15, -0.1) is 0 Å². The Morgan fingerprint density at radius 3 is 3.15 bits per heavy atom. The Morgan fingerprint density at radius 1 is 1.69 bits per heavy atom. The van der Waals surface area contributed by atoms with Crippen molar-refractivity contribution in [2.45, 2.75) is 31.8 Å². The van der Waals surface area contributed by atoms with Crippen LogP contribution in [0.15, 0.2) is 4.52 Å². The summed E-state index contributed by atoms with van der Waals surface area (Å²) < 4.78 is 5.12. The first-order chi connectivity index (χ1) is 6.17. The van der Waals surface area contributed by atoms with Crippen molar-refractivity contribution in [2.75, 3.05) is 6.54 Å². The summed E-state index contributed by atoms with van der Waals surface area (Å²) in [4.78, 5) is 0. The SMILES string of the molecule is Cc1noc2c1C(O)(CN)CCC2. The Bertz CT molecular complexity index is 321. The predicted octanol–water partition coefficient (Wildman–Crippen LogP) is 0.466. The van der Waals surface area contributed by atoms with Crippen molar-refractivity contribution in [3.8, 4) is 0 Å². The maximum Gasteiger partial charge on any atom is 0.143 e. The molecule has 1 aromatic heterocycles. The zero-order valence-corrected chi connectivity index (χ0v) is 7.71. The van der Waals surface area contributed by atoms with Gasteiger partial charge in [0.2, 0.25) is 0 Å². The lowest BCUT2D eigenvalue weighted by atomic mass is 9.82. The molecule has 0 fully saturated rings. The highest BCUT2D eigenvalue weighted by Gasteiger charge is 2.37. The first-order valence-corrected chi connectivity index (χ1v) is 4.55. The number of fused-ring (bicyclic) bond motifs is 1. The third kappa shape index (κ3) is 1.17. The maximum absolute atomic E-state index is 10.2. The molecule has 0 saturated carbocycles. The molecule has 0 saturated heterocycles. The molecule has 72 valence electrons. The van der Waals surface area contributed by atoms with Crippen molar-refractivity contribution in [3.63, 3.8) is 0 Å². The van der Waals surface area contributed by atoms with Gasteiger partial charge in [-0.05, 0) is 19.8 Å². The summed E-state index contributed by atoms with van der Waals surface area (Å²) in [6.07, 6.45) is 2.48. The zero-order valence-electron chi connectivity index (χ0n) is 7.71. The summed E-state index contributed by atoms with van der Waals surface area (Å²) in [5.41, 5.74) is 6.24. The fraction of sp³-hybridized carbons (Fsp3) is 0.667. The van der Waals surface area contributed by atoms with Gasteiger partial charge >= 0.3 is 0 Å². The molecule has 2 rings (SSSR count). The first kappa shape index (κ1) is 8.72. The van der Waals surface area contributed by atoms with Gasteiger partial charge < -0.3 is 15.4 Å². The highest BCUT2D eigenvalue weighted by molar-refractivity contribution is 5.31. The molecule has 0 radical (unpaired) electrons. The lowest BCUT2D eigenvalue weighted by Crippen LogP contribution is -2.38. The molecule has 1 unspecified atom stereocenters. The summed E-state index contributed by atoms with van der Waals surface area (Å²) >= 11 is 0. The van der Waals surface area contributed by atoms with Gasteiger partial charge in [-0.1, -0.05) is 5.16 Å². The van der Waals surface area contributed by atoms with Gasteiger partial charge in [0.1, 0.15) is 11.4 Å². The number of nitrogens with two attached hydrogens (primary N) is 1. The Morgan fingerprint density at radius 2 is 2.46 bits per heavy atom. The lowest BCUT2D eigenvalue weighted by Gasteiger charge is -2.30. The minimum Gasteiger partial charge on any atom is -0.384 e. The summed E-state index contributed by atoms with van der Waals surface area (Å²) in [7, 11) is 0. The van der Waals surface area contributed by atoms with E-state index in [0.29, 0.717) is 6.42 Å². The number of aliphatic hydroxyl groups is 1. The normalized spacial score (nSPS) is 27.3. The number of hydrogen-bond donors (Lipinski definition) is 2. The monoisotopic (exact) mass is 182 g/mol. The van der Waals surface area contributed by atoms with Gasteiger partial charge in [0.05, 0.1) is 11.3 Å². The van der Waals surface area contributed by atoms with Crippen molar-refractivity contribution in [3.05, 3.63) is 17.0 Å². The number of aromatic nitrogens is 1. The Kier molecular flexibility index (Phi) is 1.89. The second-order valence-electron chi connectivity index (χ2n) is 3.66. The highest BCUT2D eigenvalue weighted by atomic mass is 16.5. The largest absolute Gasteiger partial charge is 0.384 e. The Labute approximate surface area is 76.7 Å². The molecular formula is C9H14N2O2. The second kappa shape index (κ2) is 2.82. The van der Waals surface area contributed by atoms with Crippen molar-refractivity contribution in [2.24, 2.45) is 5.73 Å². The van der Waals surface area contributed by atoms with Crippen LogP contribution >= 0.6 is 0 Å². The minimum absolute atomic E-state index is 0.238. The summed E-state index contributed by atoms with van der Waals surface area (Å²) in [6.45, 7) is 2.08. The average molecular weight is 182 g/mol. The lowest BCUT2D eigenvalue weighted by molar-refractivity contribution is 0.0251. The molecular weight excluding hydrogens is 168 g/mol. The van der Waals surface area contributed by atoms with Crippen LogP contribution in [0.25, 0.3) is 0 Å². The topological polar surface area (TPSA) is 72.3 Å². The molecule has 1 aromatic rings. The Hall–Kier alpha value is -0.870. The molecule has 0 aromatic carbocycles. The zero-order chi connectivity index (χ0) is 9.47. The van der Waals surface area contributed by atoms with Gasteiger partial charge in [0, 0.05) is 13.0 Å². The first-order valence-electron chi connectivity index (χ1n) is 4.55. The van der Waals surface area contributed by atoms with E-state index < -0.39 is 5.60 Å². The smallest absolute Gasteiger partial charge is 0.143 e. The average Bonchev–Trinajstić information content (AvgIpc) is 2.50. The standard InChI is InChI=1S/C9H14N2O2/c1-6-8-7(13-11-6)3-2-4-9(8,12)5-10/h12H,2-5,10H2,1H3. The summed E-state index contributed by atoms with van der Waals surface area (Å²) in [6, 6.07) is 0. The van der Waals surface area contributed by atoms with Crippen LogP contribution in [0.3, 0.4) is 0 Å². The third-order valence-electron chi connectivity index (χ3n) is 2.73. The van der Waals surface area contributed by atoms with E-state index in [4.69, 9.17) is 10.3 Å². The number of rotatable bonds is 1. The molecule has 3 N–H and O–H groups in total. The van der Waals surface area contributed by atoms with Gasteiger partial charge in [-0.2, -0.15) is 0 Å². The number of aryl methyl sites for hydroxylation is 2. The van der Waals surface area contributed by atoms with Crippen molar-refractivity contribution >= 4 is 0 Å². The molecule has 1 atom stereocenters. The molecule has 0 amide bonds. The number of nitrogens with zero attached hydrogens (tertiary/aromatic N) is 1. The summed E-state index contributed by atoms with van der Waals surface area (Å²) in [5.74, 6) is 0.802. The van der Waals surface area contributed by atoms with Crippen LogP contribution in [-0.4, -0.2) is 16.8 Å². The molecule has 13 heavy (non-hydrogen) atoms. The van der Waals surface area contributed by atoms with E-state index in [2.05, 4.69) is 5.16 Å². The van der Waals surface area contributed by atoms with E-state index in [9.17, 15) is 5.11 Å². The van der Waals surface area contributed by atoms with Crippen molar-refractivity contribution < 1.29 is 9.63 Å². The molecule has 1 aliphatic carbocycles. The van der Waals surface area contributed by atoms with Crippen LogP contribution in [0.2, 0.25) is 0 Å². The Balaban J connectivity index is 2.52. The van der Waals surface area contributed by atoms with E-state index in [1.165, 1.54) is 0 Å². The second-order valence-corrected chi connectivity index (χ2v) is 3.66. The van der Waals surface area contributed by atoms with Crippen LogP contribution in [0, 0.1) is 6.92 Å². The fourth-order valence-corrected chi connectivity index (χ4v) is 2.05. The molecule has 4 heteroatoms. The maximum atomic E-state index is 10.2. The number of hydrogen-bond acceptors (Lipinski definition) is 4. The van der Waals surface area contributed by atoms with E-state index >= 15 is 0 Å². The van der Waals surface area contributed by atoms with Gasteiger partial charge in [0.15, 0.2) is 0 Å². The highest BCUT2D eigenvalue weighted by Crippen LogP contribution is 2.36. The molecule has 1 heterocycles. The van der Waals surface area contributed by atoms with Gasteiger partial charge in [0.25, 0.3) is 0 Å². The van der Waals surface area contributed by atoms with E-state index in [-0.39, 0.29) is 6.54 Å². The van der Waals surface area contributed by atoms with E-state index in [0.717, 1.165) is 29.9 Å². The summed E-state index contributed by atoms with van der Waals surface area (Å²) in [5, 5.41) is 14.0. The van der Waals surface area contributed by atoms with Gasteiger partial charge in [-0.3, -0.25) is 0 Å². The predicted molar refractivity (Wildman–Crippen MR) is 47.1 cm³/mol. The van der Waals surface area contributed by atoms with E-state index in [1.807, 2.05) is 6.92 Å². The van der Waals surface area contributed by atoms with Crippen molar-refractivity contribution in [1.82, 2.24) is 5.16 Å². The molecule has 0 bridgehead atoms. The minimum atomic E-state index is -0.905.